The Morgan fingerprint density at radius 2 is 1.76 bits per heavy atom. The van der Waals surface area contributed by atoms with Gasteiger partial charge in [-0.05, 0) is 48.9 Å². The molecule has 0 spiro atoms. The van der Waals surface area contributed by atoms with Crippen molar-refractivity contribution in [3.8, 4) is 0 Å². The van der Waals surface area contributed by atoms with E-state index in [0.717, 1.165) is 43.4 Å². The third-order valence-corrected chi connectivity index (χ3v) is 4.85. The monoisotopic (exact) mass is 338 g/mol. The van der Waals surface area contributed by atoms with E-state index in [0.29, 0.717) is 0 Å². The standard InChI is InChI=1S/C20H22N2O3/c1-2-3-4-15-5-9-17(10-6-15)21-19(23)20(13-14-20)16-7-11-18(12-8-16)22(24)25/h5-12H,2-4,13-14H2,1H3,(H,21,23). The molecule has 3 rings (SSSR count). The fourth-order valence-corrected chi connectivity index (χ4v) is 3.06. The smallest absolute Gasteiger partial charge is 0.269 e. The average molecular weight is 338 g/mol. The Labute approximate surface area is 147 Å². The van der Waals surface area contributed by atoms with Gasteiger partial charge in [-0.15, -0.1) is 0 Å². The molecule has 5 heteroatoms. The second-order valence-electron chi connectivity index (χ2n) is 6.64. The van der Waals surface area contributed by atoms with Gasteiger partial charge in [-0.2, -0.15) is 0 Å². The Kier molecular flexibility index (Phi) is 4.83. The van der Waals surface area contributed by atoms with Crippen molar-refractivity contribution in [2.75, 3.05) is 5.32 Å². The van der Waals surface area contributed by atoms with E-state index >= 15 is 0 Å². The number of unbranched alkanes of at least 4 members (excludes halogenated alkanes) is 1. The van der Waals surface area contributed by atoms with Crippen molar-refractivity contribution in [3.63, 3.8) is 0 Å². The minimum Gasteiger partial charge on any atom is -0.325 e. The highest BCUT2D eigenvalue weighted by atomic mass is 16.6. The van der Waals surface area contributed by atoms with Crippen LogP contribution in [0.15, 0.2) is 48.5 Å². The van der Waals surface area contributed by atoms with Crippen LogP contribution in [-0.4, -0.2) is 10.8 Å². The number of anilines is 1. The van der Waals surface area contributed by atoms with Crippen molar-refractivity contribution in [3.05, 3.63) is 69.8 Å². The van der Waals surface area contributed by atoms with Crippen LogP contribution in [0, 0.1) is 10.1 Å². The first-order valence-electron chi connectivity index (χ1n) is 8.70. The number of amides is 1. The van der Waals surface area contributed by atoms with Crippen LogP contribution in [0.2, 0.25) is 0 Å². The lowest BCUT2D eigenvalue weighted by Gasteiger charge is -2.16. The predicted octanol–water partition coefficient (Wildman–Crippen LogP) is 4.61. The third-order valence-electron chi connectivity index (χ3n) is 4.85. The quantitative estimate of drug-likeness (QED) is 0.592. The summed E-state index contributed by atoms with van der Waals surface area (Å²) in [5.41, 5.74) is 2.41. The molecule has 1 aliphatic carbocycles. The number of rotatable bonds is 7. The first-order chi connectivity index (χ1) is 12.0. The molecular formula is C20H22N2O3. The number of non-ortho nitro benzene ring substituents is 1. The highest BCUT2D eigenvalue weighted by Gasteiger charge is 2.51. The molecule has 1 saturated carbocycles. The molecule has 1 fully saturated rings. The summed E-state index contributed by atoms with van der Waals surface area (Å²) in [5, 5.41) is 13.8. The highest BCUT2D eigenvalue weighted by Crippen LogP contribution is 2.49. The van der Waals surface area contributed by atoms with E-state index in [1.165, 1.54) is 17.7 Å². The first-order valence-corrected chi connectivity index (χ1v) is 8.70. The molecule has 25 heavy (non-hydrogen) atoms. The molecule has 0 unspecified atom stereocenters. The van der Waals surface area contributed by atoms with E-state index in [4.69, 9.17) is 0 Å². The molecular weight excluding hydrogens is 316 g/mol. The molecule has 0 aromatic heterocycles. The van der Waals surface area contributed by atoms with Gasteiger partial charge in [0, 0.05) is 17.8 Å². The summed E-state index contributed by atoms with van der Waals surface area (Å²) >= 11 is 0. The van der Waals surface area contributed by atoms with E-state index < -0.39 is 10.3 Å². The number of aryl methyl sites for hydroxylation is 1. The molecule has 5 nitrogen and oxygen atoms in total. The highest BCUT2D eigenvalue weighted by molar-refractivity contribution is 6.01. The molecule has 130 valence electrons. The summed E-state index contributed by atoms with van der Waals surface area (Å²) < 4.78 is 0. The number of hydrogen-bond acceptors (Lipinski definition) is 3. The number of nitrogens with zero attached hydrogens (tertiary/aromatic N) is 1. The molecule has 0 aliphatic heterocycles. The van der Waals surface area contributed by atoms with E-state index in [1.54, 1.807) is 12.1 Å². The lowest BCUT2D eigenvalue weighted by Crippen LogP contribution is -2.27. The van der Waals surface area contributed by atoms with Crippen LogP contribution in [-0.2, 0) is 16.6 Å². The maximum Gasteiger partial charge on any atom is 0.269 e. The number of hydrogen-bond donors (Lipinski definition) is 1. The van der Waals surface area contributed by atoms with Crippen molar-refractivity contribution < 1.29 is 9.72 Å². The van der Waals surface area contributed by atoms with Gasteiger partial charge < -0.3 is 5.32 Å². The van der Waals surface area contributed by atoms with Crippen LogP contribution in [0.3, 0.4) is 0 Å². The third kappa shape index (κ3) is 3.71. The van der Waals surface area contributed by atoms with E-state index in [2.05, 4.69) is 24.4 Å². The summed E-state index contributed by atoms with van der Waals surface area (Å²) in [6.07, 6.45) is 4.92. The zero-order valence-electron chi connectivity index (χ0n) is 14.3. The summed E-state index contributed by atoms with van der Waals surface area (Å²) in [6, 6.07) is 14.3. The number of carbonyl (C=O) groups is 1. The number of benzene rings is 2. The van der Waals surface area contributed by atoms with Crippen molar-refractivity contribution in [2.24, 2.45) is 0 Å². The number of nitro groups is 1. The van der Waals surface area contributed by atoms with Gasteiger partial charge >= 0.3 is 0 Å². The van der Waals surface area contributed by atoms with Crippen LogP contribution in [0.5, 0.6) is 0 Å². The fraction of sp³-hybridized carbons (Fsp3) is 0.350. The maximum atomic E-state index is 12.7. The number of carbonyl (C=O) groups excluding carboxylic acids is 1. The van der Waals surface area contributed by atoms with Crippen LogP contribution in [0.4, 0.5) is 11.4 Å². The summed E-state index contributed by atoms with van der Waals surface area (Å²) in [7, 11) is 0. The van der Waals surface area contributed by atoms with Gasteiger partial charge in [-0.1, -0.05) is 37.6 Å². The van der Waals surface area contributed by atoms with Crippen LogP contribution in [0.25, 0.3) is 0 Å². The van der Waals surface area contributed by atoms with Gasteiger partial charge in [0.1, 0.15) is 0 Å². The van der Waals surface area contributed by atoms with Crippen molar-refractivity contribution >= 4 is 17.3 Å². The second kappa shape index (κ2) is 7.05. The largest absolute Gasteiger partial charge is 0.325 e. The molecule has 2 aromatic carbocycles. The minimum atomic E-state index is -0.546. The topological polar surface area (TPSA) is 72.2 Å². The fourth-order valence-electron chi connectivity index (χ4n) is 3.06. The molecule has 0 heterocycles. The summed E-state index contributed by atoms with van der Waals surface area (Å²) in [4.78, 5) is 23.1. The van der Waals surface area contributed by atoms with Gasteiger partial charge in [0.25, 0.3) is 5.69 Å². The molecule has 2 aromatic rings. The first kappa shape index (κ1) is 17.1. The lowest BCUT2D eigenvalue weighted by atomic mass is 9.94. The van der Waals surface area contributed by atoms with Gasteiger partial charge in [-0.3, -0.25) is 14.9 Å². The van der Waals surface area contributed by atoms with Crippen molar-refractivity contribution in [1.82, 2.24) is 0 Å². The zero-order valence-corrected chi connectivity index (χ0v) is 14.3. The van der Waals surface area contributed by atoms with Crippen LogP contribution >= 0.6 is 0 Å². The zero-order chi connectivity index (χ0) is 17.9. The molecule has 1 aliphatic rings. The average Bonchev–Trinajstić information content (AvgIpc) is 3.43. The van der Waals surface area contributed by atoms with Crippen molar-refractivity contribution in [2.45, 2.75) is 44.4 Å². The molecule has 0 bridgehead atoms. The molecule has 0 saturated heterocycles. The van der Waals surface area contributed by atoms with E-state index in [1.807, 2.05) is 12.1 Å². The maximum absolute atomic E-state index is 12.7. The van der Waals surface area contributed by atoms with Crippen LogP contribution in [0.1, 0.15) is 43.7 Å². The van der Waals surface area contributed by atoms with Gasteiger partial charge in [0.05, 0.1) is 10.3 Å². The Morgan fingerprint density at radius 1 is 1.12 bits per heavy atom. The Hall–Kier alpha value is -2.69. The Balaban J connectivity index is 1.69. The second-order valence-corrected chi connectivity index (χ2v) is 6.64. The Morgan fingerprint density at radius 3 is 2.28 bits per heavy atom. The van der Waals surface area contributed by atoms with Gasteiger partial charge in [0.15, 0.2) is 0 Å². The summed E-state index contributed by atoms with van der Waals surface area (Å²) in [6.45, 7) is 2.17. The molecule has 0 atom stereocenters. The van der Waals surface area contributed by atoms with Crippen molar-refractivity contribution in [1.29, 1.82) is 0 Å². The normalized spacial score (nSPS) is 14.8. The molecule has 1 amide bonds. The number of nitrogens with one attached hydrogen (secondary N) is 1. The molecule has 0 radical (unpaired) electrons. The van der Waals surface area contributed by atoms with Gasteiger partial charge in [-0.25, -0.2) is 0 Å². The van der Waals surface area contributed by atoms with Gasteiger partial charge in [0.2, 0.25) is 5.91 Å². The minimum absolute atomic E-state index is 0.0392. The lowest BCUT2D eigenvalue weighted by molar-refractivity contribution is -0.384. The van der Waals surface area contributed by atoms with E-state index in [-0.39, 0.29) is 11.6 Å². The van der Waals surface area contributed by atoms with Crippen LogP contribution < -0.4 is 5.32 Å². The Bertz CT molecular complexity index is 763. The summed E-state index contributed by atoms with van der Waals surface area (Å²) in [5.74, 6) is -0.0392. The van der Waals surface area contributed by atoms with E-state index in [9.17, 15) is 14.9 Å². The SMILES string of the molecule is CCCCc1ccc(NC(=O)C2(c3ccc([N+](=O)[O-])cc3)CC2)cc1. The predicted molar refractivity (Wildman–Crippen MR) is 97.7 cm³/mol. The molecule has 1 N–H and O–H groups in total. The number of nitro benzene ring substituents is 1.